The lowest BCUT2D eigenvalue weighted by Crippen LogP contribution is -2.56. The molecule has 9 heteroatoms. The van der Waals surface area contributed by atoms with Gasteiger partial charge in [0, 0.05) is 24.2 Å². The van der Waals surface area contributed by atoms with Crippen molar-refractivity contribution in [3.8, 4) is 5.88 Å². The molecule has 0 aliphatic carbocycles. The van der Waals surface area contributed by atoms with E-state index in [9.17, 15) is 24.3 Å². The summed E-state index contributed by atoms with van der Waals surface area (Å²) in [7, 11) is 0. The van der Waals surface area contributed by atoms with Crippen LogP contribution in [0.2, 0.25) is 0 Å². The molecule has 2 atom stereocenters. The first kappa shape index (κ1) is 27.5. The second kappa shape index (κ2) is 12.1. The van der Waals surface area contributed by atoms with Crippen molar-refractivity contribution < 1.29 is 24.3 Å². The zero-order valence-corrected chi connectivity index (χ0v) is 20.8. The van der Waals surface area contributed by atoms with Gasteiger partial charge in [0.2, 0.25) is 17.6 Å². The molecule has 9 nitrogen and oxygen atoms in total. The molecular weight excluding hydrogens is 448 g/mol. The first-order valence-corrected chi connectivity index (χ1v) is 11.5. The number of aromatic nitrogens is 1. The van der Waals surface area contributed by atoms with E-state index in [4.69, 9.17) is 0 Å². The quantitative estimate of drug-likeness (QED) is 0.383. The number of Topliss-reactive ketones (excluding diaryl/α,β-unsaturated/α-hetero) is 1. The highest BCUT2D eigenvalue weighted by Crippen LogP contribution is 2.11. The lowest BCUT2D eigenvalue weighted by molar-refractivity contribution is -0.141. The molecule has 0 fully saturated rings. The molecular formula is C26H34N4O5. The number of nitrogens with zero attached hydrogens (tertiary/aromatic N) is 1. The minimum absolute atomic E-state index is 0.0523. The third-order valence-corrected chi connectivity index (χ3v) is 4.97. The summed E-state index contributed by atoms with van der Waals surface area (Å²) in [5.74, 6) is -2.86. The molecule has 0 spiro atoms. The van der Waals surface area contributed by atoms with Crippen LogP contribution in [0.5, 0.6) is 5.88 Å². The van der Waals surface area contributed by atoms with Crippen LogP contribution in [0, 0.1) is 5.92 Å². The van der Waals surface area contributed by atoms with Crippen LogP contribution in [0.25, 0.3) is 0 Å². The van der Waals surface area contributed by atoms with Gasteiger partial charge < -0.3 is 21.1 Å². The molecule has 2 rings (SSSR count). The SMILES string of the molecule is CC(C)CC(NC(=O)c1ccc(O)nc1)C(=O)NC(Cc1ccccc1)C(=O)C(=O)NC(C)(C)C. The van der Waals surface area contributed by atoms with E-state index in [0.717, 1.165) is 5.56 Å². The normalized spacial score (nSPS) is 13.0. The minimum Gasteiger partial charge on any atom is -0.493 e. The van der Waals surface area contributed by atoms with Crippen molar-refractivity contribution in [2.45, 2.75) is 65.1 Å². The van der Waals surface area contributed by atoms with Gasteiger partial charge in [-0.2, -0.15) is 0 Å². The van der Waals surface area contributed by atoms with Gasteiger partial charge in [0.25, 0.3) is 11.8 Å². The molecule has 0 bridgehead atoms. The predicted octanol–water partition coefficient (Wildman–Crippen LogP) is 2.14. The molecule has 0 aliphatic rings. The maximum Gasteiger partial charge on any atom is 0.290 e. The zero-order valence-electron chi connectivity index (χ0n) is 20.8. The Labute approximate surface area is 205 Å². The fraction of sp³-hybridized carbons (Fsp3) is 0.423. The van der Waals surface area contributed by atoms with Crippen LogP contribution < -0.4 is 16.0 Å². The van der Waals surface area contributed by atoms with Crippen LogP contribution in [-0.4, -0.2) is 51.2 Å². The molecule has 188 valence electrons. The average Bonchev–Trinajstić information content (AvgIpc) is 2.77. The van der Waals surface area contributed by atoms with Crippen molar-refractivity contribution in [3.63, 3.8) is 0 Å². The largest absolute Gasteiger partial charge is 0.493 e. The second-order valence-corrected chi connectivity index (χ2v) is 9.88. The van der Waals surface area contributed by atoms with E-state index in [-0.39, 0.29) is 23.8 Å². The number of benzene rings is 1. The van der Waals surface area contributed by atoms with Crippen LogP contribution in [0.4, 0.5) is 0 Å². The number of amides is 3. The van der Waals surface area contributed by atoms with Crippen molar-refractivity contribution in [2.24, 2.45) is 5.92 Å². The van der Waals surface area contributed by atoms with E-state index < -0.39 is 41.1 Å². The van der Waals surface area contributed by atoms with E-state index in [1.54, 1.807) is 45.0 Å². The number of hydrogen-bond donors (Lipinski definition) is 4. The summed E-state index contributed by atoms with van der Waals surface area (Å²) < 4.78 is 0. The van der Waals surface area contributed by atoms with E-state index in [1.807, 2.05) is 19.9 Å². The fourth-order valence-electron chi connectivity index (χ4n) is 3.36. The smallest absolute Gasteiger partial charge is 0.290 e. The van der Waals surface area contributed by atoms with Gasteiger partial charge in [-0.15, -0.1) is 0 Å². The van der Waals surface area contributed by atoms with Crippen LogP contribution in [0.3, 0.4) is 0 Å². The van der Waals surface area contributed by atoms with Crippen LogP contribution in [0.1, 0.15) is 57.0 Å². The maximum absolute atomic E-state index is 13.2. The van der Waals surface area contributed by atoms with Gasteiger partial charge in [-0.1, -0.05) is 44.2 Å². The highest BCUT2D eigenvalue weighted by Gasteiger charge is 2.32. The number of ketones is 1. The van der Waals surface area contributed by atoms with E-state index in [1.165, 1.54) is 18.3 Å². The molecule has 1 aromatic heterocycles. The topological polar surface area (TPSA) is 137 Å². The van der Waals surface area contributed by atoms with Gasteiger partial charge in [-0.25, -0.2) is 4.98 Å². The molecule has 0 saturated heterocycles. The van der Waals surface area contributed by atoms with Crippen molar-refractivity contribution in [1.29, 1.82) is 0 Å². The molecule has 0 saturated carbocycles. The summed E-state index contributed by atoms with van der Waals surface area (Å²) in [6, 6.07) is 9.65. The first-order chi connectivity index (χ1) is 16.4. The second-order valence-electron chi connectivity index (χ2n) is 9.88. The van der Waals surface area contributed by atoms with E-state index in [0.29, 0.717) is 6.42 Å². The highest BCUT2D eigenvalue weighted by molar-refractivity contribution is 6.38. The third kappa shape index (κ3) is 9.19. The minimum atomic E-state index is -1.12. The van der Waals surface area contributed by atoms with Crippen LogP contribution in [-0.2, 0) is 20.8 Å². The summed E-state index contributed by atoms with van der Waals surface area (Å²) in [6.45, 7) is 9.08. The van der Waals surface area contributed by atoms with Gasteiger partial charge in [0.15, 0.2) is 0 Å². The van der Waals surface area contributed by atoms with Crippen molar-refractivity contribution in [2.75, 3.05) is 0 Å². The number of hydrogen-bond acceptors (Lipinski definition) is 6. The Morgan fingerprint density at radius 1 is 0.943 bits per heavy atom. The van der Waals surface area contributed by atoms with Gasteiger partial charge in [0.05, 0.1) is 5.56 Å². The molecule has 3 amide bonds. The number of nitrogens with one attached hydrogen (secondary N) is 3. The Bertz CT molecular complexity index is 1030. The summed E-state index contributed by atoms with van der Waals surface area (Å²) in [6.07, 6.45) is 1.63. The summed E-state index contributed by atoms with van der Waals surface area (Å²) in [4.78, 5) is 55.3. The number of aromatic hydroxyl groups is 1. The number of pyridine rings is 1. The molecule has 2 aromatic rings. The Morgan fingerprint density at radius 2 is 1.60 bits per heavy atom. The van der Waals surface area contributed by atoms with Crippen LogP contribution >= 0.6 is 0 Å². The summed E-state index contributed by atoms with van der Waals surface area (Å²) in [5, 5.41) is 17.3. The van der Waals surface area contributed by atoms with Crippen molar-refractivity contribution in [3.05, 3.63) is 59.8 Å². The van der Waals surface area contributed by atoms with Crippen molar-refractivity contribution >= 4 is 23.5 Å². The first-order valence-electron chi connectivity index (χ1n) is 11.5. The highest BCUT2D eigenvalue weighted by atomic mass is 16.3. The number of carbonyl (C=O) groups is 4. The molecule has 35 heavy (non-hydrogen) atoms. The molecule has 1 aromatic carbocycles. The zero-order chi connectivity index (χ0) is 26.2. The standard InChI is InChI=1S/C26H34N4O5/c1-16(2)13-20(29-23(33)18-11-12-21(31)27-15-18)24(34)28-19(14-17-9-7-6-8-10-17)22(32)25(35)30-26(3,4)5/h6-12,15-16,19-20H,13-14H2,1-5H3,(H,27,31)(H,28,34)(H,29,33)(H,30,35). The average molecular weight is 483 g/mol. The monoisotopic (exact) mass is 482 g/mol. The van der Waals surface area contributed by atoms with E-state index >= 15 is 0 Å². The van der Waals surface area contributed by atoms with E-state index in [2.05, 4.69) is 20.9 Å². The van der Waals surface area contributed by atoms with Gasteiger partial charge in [-0.05, 0) is 44.7 Å². The Morgan fingerprint density at radius 3 is 2.14 bits per heavy atom. The van der Waals surface area contributed by atoms with Gasteiger partial charge >= 0.3 is 0 Å². The third-order valence-electron chi connectivity index (χ3n) is 4.97. The molecule has 0 aliphatic heterocycles. The Kier molecular flexibility index (Phi) is 9.50. The fourth-order valence-corrected chi connectivity index (χ4v) is 3.36. The molecule has 4 N–H and O–H groups in total. The predicted molar refractivity (Wildman–Crippen MR) is 132 cm³/mol. The summed E-state index contributed by atoms with van der Waals surface area (Å²) in [5.41, 5.74) is 0.320. The molecule has 1 heterocycles. The van der Waals surface area contributed by atoms with Gasteiger partial charge in [-0.3, -0.25) is 19.2 Å². The van der Waals surface area contributed by atoms with Crippen LogP contribution in [0.15, 0.2) is 48.7 Å². The Hall–Kier alpha value is -3.75. The van der Waals surface area contributed by atoms with Crippen molar-refractivity contribution in [1.82, 2.24) is 20.9 Å². The number of rotatable bonds is 10. The Balaban J connectivity index is 2.24. The molecule has 2 unspecified atom stereocenters. The lowest BCUT2D eigenvalue weighted by Gasteiger charge is -2.25. The number of carbonyl (C=O) groups excluding carboxylic acids is 4. The van der Waals surface area contributed by atoms with Gasteiger partial charge in [0.1, 0.15) is 12.1 Å². The maximum atomic E-state index is 13.2. The lowest BCUT2D eigenvalue weighted by atomic mass is 9.98. The molecule has 0 radical (unpaired) electrons. The summed E-state index contributed by atoms with van der Waals surface area (Å²) >= 11 is 0.